The van der Waals surface area contributed by atoms with Crippen LogP contribution >= 0.6 is 15.9 Å². The minimum absolute atomic E-state index is 0.0420. The van der Waals surface area contributed by atoms with E-state index in [-0.39, 0.29) is 24.2 Å². The van der Waals surface area contributed by atoms with Crippen LogP contribution < -0.4 is 0 Å². The number of ether oxygens (including phenoxy) is 3. The lowest BCUT2D eigenvalue weighted by atomic mass is 9.78. The van der Waals surface area contributed by atoms with Gasteiger partial charge in [-0.05, 0) is 72.2 Å². The van der Waals surface area contributed by atoms with Crippen LogP contribution in [0.15, 0.2) is 12.1 Å². The molecule has 3 nitrogen and oxygen atoms in total. The minimum Gasteiger partial charge on any atom is -0.374 e. The molecular weight excluding hydrogens is 432 g/mol. The molecular formula is C19H23BrF4O3. The van der Waals surface area contributed by atoms with Crippen molar-refractivity contribution in [1.29, 1.82) is 0 Å². The summed E-state index contributed by atoms with van der Waals surface area (Å²) in [5, 5.41) is 0. The van der Waals surface area contributed by atoms with E-state index in [2.05, 4.69) is 0 Å². The summed E-state index contributed by atoms with van der Waals surface area (Å²) >= 11 is 2.02. The maximum atomic E-state index is 14.0. The van der Waals surface area contributed by atoms with Gasteiger partial charge in [0.1, 0.15) is 23.3 Å². The van der Waals surface area contributed by atoms with E-state index in [1.165, 1.54) is 0 Å². The van der Waals surface area contributed by atoms with Crippen molar-refractivity contribution in [3.63, 3.8) is 0 Å². The monoisotopic (exact) mass is 454 g/mol. The van der Waals surface area contributed by atoms with Crippen molar-refractivity contribution in [2.24, 2.45) is 5.92 Å². The molecule has 1 saturated carbocycles. The van der Waals surface area contributed by atoms with Gasteiger partial charge < -0.3 is 14.2 Å². The Morgan fingerprint density at radius 1 is 1.07 bits per heavy atom. The van der Waals surface area contributed by atoms with Crippen LogP contribution in [0.4, 0.5) is 17.6 Å². The van der Waals surface area contributed by atoms with Gasteiger partial charge in [-0.3, -0.25) is 0 Å². The molecule has 2 fully saturated rings. The molecule has 0 radical (unpaired) electrons. The predicted octanol–water partition coefficient (Wildman–Crippen LogP) is 5.46. The minimum atomic E-state index is -3.73. The zero-order chi connectivity index (χ0) is 19.6. The predicted molar refractivity (Wildman–Crippen MR) is 95.0 cm³/mol. The lowest BCUT2D eigenvalue weighted by Crippen LogP contribution is -2.41. The van der Waals surface area contributed by atoms with Gasteiger partial charge in [-0.25, -0.2) is 8.78 Å². The second-order valence-electron chi connectivity index (χ2n) is 7.08. The smallest absolute Gasteiger partial charge is 0.332 e. The van der Waals surface area contributed by atoms with Gasteiger partial charge in [0.25, 0.3) is 0 Å². The molecule has 0 N–H and O–H groups in total. The quantitative estimate of drug-likeness (QED) is 0.436. The van der Waals surface area contributed by atoms with Gasteiger partial charge in [0, 0.05) is 12.5 Å². The van der Waals surface area contributed by atoms with Crippen LogP contribution in [0.2, 0.25) is 0 Å². The van der Waals surface area contributed by atoms with E-state index in [0.717, 1.165) is 25.0 Å². The normalized spacial score (nSPS) is 29.7. The Morgan fingerprint density at radius 2 is 1.63 bits per heavy atom. The highest BCUT2D eigenvalue weighted by atomic mass is 79.9. The van der Waals surface area contributed by atoms with Gasteiger partial charge in [-0.1, -0.05) is 0 Å². The highest BCUT2D eigenvalue weighted by molar-refractivity contribution is 9.09. The Hall–Kier alpha value is -0.700. The van der Waals surface area contributed by atoms with E-state index in [1.54, 1.807) is 0 Å². The Bertz CT molecular complexity index is 613. The van der Waals surface area contributed by atoms with Crippen LogP contribution in [0.1, 0.15) is 49.7 Å². The maximum Gasteiger partial charge on any atom is 0.332 e. The van der Waals surface area contributed by atoms with Gasteiger partial charge in [0.05, 0.1) is 13.2 Å². The number of benzene rings is 1. The fourth-order valence-electron chi connectivity index (χ4n) is 3.93. The van der Waals surface area contributed by atoms with Crippen molar-refractivity contribution in [3.05, 3.63) is 34.9 Å². The van der Waals surface area contributed by atoms with Gasteiger partial charge >= 0.3 is 4.83 Å². The standard InChI is InChI=1S/C19H23BrF4O3/c1-2-25-14-9-26-18(27-10-14)12-5-3-11(4-6-12)13-7-15(21)17(16(22)8-13)19(20,23)24/h7-8,11-12,14,18H,2-6,9-10H2,1H3. The average Bonchev–Trinajstić information content (AvgIpc) is 2.61. The Balaban J connectivity index is 1.58. The average molecular weight is 455 g/mol. The van der Waals surface area contributed by atoms with E-state index in [1.807, 2.05) is 22.9 Å². The fourth-order valence-corrected chi connectivity index (χ4v) is 4.31. The topological polar surface area (TPSA) is 27.7 Å². The summed E-state index contributed by atoms with van der Waals surface area (Å²) in [6.07, 6.45) is 2.64. The van der Waals surface area contributed by atoms with Gasteiger partial charge in [-0.15, -0.1) is 0 Å². The summed E-state index contributed by atoms with van der Waals surface area (Å²) in [4.78, 5) is -3.73. The third-order valence-electron chi connectivity index (χ3n) is 5.27. The van der Waals surface area contributed by atoms with Crippen molar-refractivity contribution in [3.8, 4) is 0 Å². The molecule has 3 rings (SSSR count). The van der Waals surface area contributed by atoms with E-state index < -0.39 is 22.0 Å². The first kappa shape index (κ1) is 21.0. The van der Waals surface area contributed by atoms with Crippen molar-refractivity contribution < 1.29 is 31.8 Å². The first-order chi connectivity index (χ1) is 12.8. The number of rotatable bonds is 5. The van der Waals surface area contributed by atoms with Crippen molar-refractivity contribution in [2.45, 2.75) is 55.8 Å². The molecule has 0 atom stereocenters. The summed E-state index contributed by atoms with van der Waals surface area (Å²) < 4.78 is 71.6. The Labute approximate surface area is 164 Å². The second kappa shape index (κ2) is 8.76. The first-order valence-electron chi connectivity index (χ1n) is 9.20. The first-order valence-corrected chi connectivity index (χ1v) is 9.99. The van der Waals surface area contributed by atoms with E-state index in [0.29, 0.717) is 38.2 Å². The zero-order valence-electron chi connectivity index (χ0n) is 15.0. The molecule has 0 aromatic heterocycles. The van der Waals surface area contributed by atoms with Crippen LogP contribution in [0, 0.1) is 17.6 Å². The fraction of sp³-hybridized carbons (Fsp3) is 0.684. The van der Waals surface area contributed by atoms with Crippen molar-refractivity contribution in [2.75, 3.05) is 19.8 Å². The number of hydrogen-bond acceptors (Lipinski definition) is 3. The van der Waals surface area contributed by atoms with Crippen LogP contribution in [0.25, 0.3) is 0 Å². The zero-order valence-corrected chi connectivity index (χ0v) is 16.6. The third-order valence-corrected chi connectivity index (χ3v) is 5.67. The van der Waals surface area contributed by atoms with E-state index >= 15 is 0 Å². The molecule has 0 spiro atoms. The summed E-state index contributed by atoms with van der Waals surface area (Å²) in [6, 6.07) is 2.05. The maximum absolute atomic E-state index is 14.0. The molecule has 0 bridgehead atoms. The molecule has 8 heteroatoms. The van der Waals surface area contributed by atoms with Crippen LogP contribution in [0.5, 0.6) is 0 Å². The van der Waals surface area contributed by atoms with E-state index in [4.69, 9.17) is 14.2 Å². The Morgan fingerprint density at radius 3 is 2.11 bits per heavy atom. The highest BCUT2D eigenvalue weighted by Gasteiger charge is 2.37. The van der Waals surface area contributed by atoms with Crippen LogP contribution in [-0.2, 0) is 19.0 Å². The largest absolute Gasteiger partial charge is 0.374 e. The molecule has 1 aliphatic carbocycles. The molecule has 0 unspecified atom stereocenters. The van der Waals surface area contributed by atoms with Crippen molar-refractivity contribution >= 4 is 15.9 Å². The van der Waals surface area contributed by atoms with Gasteiger partial charge in [-0.2, -0.15) is 8.78 Å². The summed E-state index contributed by atoms with van der Waals surface area (Å²) in [5.41, 5.74) is -0.821. The molecule has 152 valence electrons. The Kier molecular flexibility index (Phi) is 6.82. The molecule has 1 aromatic rings. The van der Waals surface area contributed by atoms with Crippen LogP contribution in [0.3, 0.4) is 0 Å². The molecule has 2 aliphatic rings. The summed E-state index contributed by atoms with van der Waals surface area (Å²) in [5.74, 6) is -2.31. The molecule has 1 aliphatic heterocycles. The lowest BCUT2D eigenvalue weighted by Gasteiger charge is -2.37. The van der Waals surface area contributed by atoms with Crippen LogP contribution in [-0.4, -0.2) is 32.2 Å². The SMILES string of the molecule is CCOC1COC(C2CCC(c3cc(F)c(C(F)(F)Br)c(F)c3)CC2)OC1. The lowest BCUT2D eigenvalue weighted by molar-refractivity contribution is -0.248. The second-order valence-corrected chi connectivity index (χ2v) is 8.08. The van der Waals surface area contributed by atoms with Gasteiger partial charge in [0.2, 0.25) is 0 Å². The van der Waals surface area contributed by atoms with Gasteiger partial charge in [0.15, 0.2) is 6.29 Å². The molecule has 1 saturated heterocycles. The van der Waals surface area contributed by atoms with Crippen molar-refractivity contribution in [1.82, 2.24) is 0 Å². The molecule has 0 amide bonds. The summed E-state index contributed by atoms with van der Waals surface area (Å²) in [7, 11) is 0. The number of halogens is 5. The highest BCUT2D eigenvalue weighted by Crippen LogP contribution is 2.42. The van der Waals surface area contributed by atoms with E-state index in [9.17, 15) is 17.6 Å². The number of alkyl halides is 3. The third kappa shape index (κ3) is 5.02. The molecule has 1 aromatic carbocycles. The summed E-state index contributed by atoms with van der Waals surface area (Å²) in [6.45, 7) is 3.53. The number of hydrogen-bond donors (Lipinski definition) is 0. The molecule has 1 heterocycles. The molecule has 27 heavy (non-hydrogen) atoms.